The Morgan fingerprint density at radius 3 is 2.54 bits per heavy atom. The lowest BCUT2D eigenvalue weighted by atomic mass is 10.1. The maximum atomic E-state index is 12.7. The molecule has 1 aromatic heterocycles. The maximum Gasteiger partial charge on any atom is 0.293 e. The van der Waals surface area contributed by atoms with Gasteiger partial charge in [-0.3, -0.25) is 14.5 Å². The predicted octanol–water partition coefficient (Wildman–Crippen LogP) is 5.53. The summed E-state index contributed by atoms with van der Waals surface area (Å²) in [6.07, 6.45) is 5.72. The van der Waals surface area contributed by atoms with E-state index in [1.54, 1.807) is 0 Å². The second-order valence-corrected chi connectivity index (χ2v) is 7.90. The number of aromatic nitrogens is 1. The molecule has 0 aliphatic carbocycles. The van der Waals surface area contributed by atoms with Crippen LogP contribution in [-0.2, 0) is 11.3 Å². The van der Waals surface area contributed by atoms with E-state index >= 15 is 0 Å². The van der Waals surface area contributed by atoms with Gasteiger partial charge in [-0.2, -0.15) is 0 Å². The fourth-order valence-corrected chi connectivity index (χ4v) is 4.31. The van der Waals surface area contributed by atoms with Crippen molar-refractivity contribution in [2.75, 3.05) is 6.54 Å². The van der Waals surface area contributed by atoms with Crippen LogP contribution in [0.25, 0.3) is 17.0 Å². The molecule has 0 bridgehead atoms. The number of hydrogen-bond donors (Lipinski definition) is 0. The minimum atomic E-state index is -0.177. The molecule has 1 aliphatic heterocycles. The smallest absolute Gasteiger partial charge is 0.293 e. The number of benzene rings is 2. The molecule has 0 unspecified atom stereocenters. The third-order valence-corrected chi connectivity index (χ3v) is 5.82. The SMILES string of the molecule is CCCCN1C(=O)S/C(=C\c2cn(Cc3ccccc3)c3ccccc23)C1=O. The van der Waals surface area contributed by atoms with Crippen LogP contribution in [0.4, 0.5) is 4.79 Å². The molecule has 5 heteroatoms. The molecule has 0 radical (unpaired) electrons. The van der Waals surface area contributed by atoms with Crippen LogP contribution in [0, 0.1) is 0 Å². The number of carbonyl (C=O) groups is 2. The number of fused-ring (bicyclic) bond motifs is 1. The molecule has 142 valence electrons. The maximum absolute atomic E-state index is 12.7. The van der Waals surface area contributed by atoms with Crippen molar-refractivity contribution in [2.24, 2.45) is 0 Å². The lowest BCUT2D eigenvalue weighted by molar-refractivity contribution is -0.122. The summed E-state index contributed by atoms with van der Waals surface area (Å²) in [5, 5.41) is 0.913. The average molecular weight is 391 g/mol. The molecule has 3 aromatic rings. The van der Waals surface area contributed by atoms with Crippen LogP contribution in [0.15, 0.2) is 65.7 Å². The summed E-state index contributed by atoms with van der Waals surface area (Å²) in [6.45, 7) is 3.30. The highest BCUT2D eigenvalue weighted by Crippen LogP contribution is 2.34. The van der Waals surface area contributed by atoms with E-state index in [0.29, 0.717) is 11.4 Å². The Morgan fingerprint density at radius 2 is 1.75 bits per heavy atom. The van der Waals surface area contributed by atoms with E-state index in [-0.39, 0.29) is 11.1 Å². The number of carbonyl (C=O) groups excluding carboxylic acids is 2. The summed E-state index contributed by atoms with van der Waals surface area (Å²) in [4.78, 5) is 26.8. The van der Waals surface area contributed by atoms with Crippen molar-refractivity contribution in [1.82, 2.24) is 9.47 Å². The first-order valence-corrected chi connectivity index (χ1v) is 10.4. The van der Waals surface area contributed by atoms with E-state index in [4.69, 9.17) is 0 Å². The first-order valence-electron chi connectivity index (χ1n) is 9.54. The minimum Gasteiger partial charge on any atom is -0.342 e. The zero-order chi connectivity index (χ0) is 19.5. The summed E-state index contributed by atoms with van der Waals surface area (Å²) >= 11 is 1.04. The molecule has 0 N–H and O–H groups in total. The van der Waals surface area contributed by atoms with E-state index in [1.165, 1.54) is 10.5 Å². The van der Waals surface area contributed by atoms with Gasteiger partial charge >= 0.3 is 0 Å². The Balaban J connectivity index is 1.69. The Kier molecular flexibility index (Phi) is 5.35. The number of rotatable bonds is 6. The van der Waals surface area contributed by atoms with Gasteiger partial charge in [-0.15, -0.1) is 0 Å². The summed E-state index contributed by atoms with van der Waals surface area (Å²) in [5.74, 6) is -0.177. The quantitative estimate of drug-likeness (QED) is 0.520. The van der Waals surface area contributed by atoms with Gasteiger partial charge in [0, 0.05) is 35.8 Å². The molecule has 1 fully saturated rings. The van der Waals surface area contributed by atoms with Crippen molar-refractivity contribution >= 4 is 39.9 Å². The standard InChI is InChI=1S/C23H22N2O2S/c1-2-3-13-25-22(26)21(28-23(25)27)14-18-16-24(15-17-9-5-4-6-10-17)20-12-8-7-11-19(18)20/h4-12,14,16H,2-3,13,15H2,1H3/b21-14-. The first kappa shape index (κ1) is 18.6. The van der Waals surface area contributed by atoms with Crippen molar-refractivity contribution in [2.45, 2.75) is 26.3 Å². The largest absolute Gasteiger partial charge is 0.342 e. The molecular weight excluding hydrogens is 368 g/mol. The van der Waals surface area contributed by atoms with Gasteiger partial charge in [0.25, 0.3) is 11.1 Å². The van der Waals surface area contributed by atoms with Gasteiger partial charge in [0.15, 0.2) is 0 Å². The van der Waals surface area contributed by atoms with Crippen molar-refractivity contribution in [3.8, 4) is 0 Å². The van der Waals surface area contributed by atoms with Crippen LogP contribution >= 0.6 is 11.8 Å². The average Bonchev–Trinajstić information content (AvgIpc) is 3.19. The molecule has 1 aliphatic rings. The fraction of sp³-hybridized carbons (Fsp3) is 0.217. The second-order valence-electron chi connectivity index (χ2n) is 6.90. The zero-order valence-corrected chi connectivity index (χ0v) is 16.6. The van der Waals surface area contributed by atoms with E-state index in [2.05, 4.69) is 42.0 Å². The van der Waals surface area contributed by atoms with Gasteiger partial charge in [0.05, 0.1) is 4.91 Å². The van der Waals surface area contributed by atoms with Gasteiger partial charge in [0.1, 0.15) is 0 Å². The number of unbranched alkanes of at least 4 members (excludes halogenated alkanes) is 1. The van der Waals surface area contributed by atoms with Gasteiger partial charge in [0.2, 0.25) is 0 Å². The molecule has 4 nitrogen and oxygen atoms in total. The lowest BCUT2D eigenvalue weighted by Gasteiger charge is -2.10. The molecule has 4 rings (SSSR count). The topological polar surface area (TPSA) is 42.3 Å². The van der Waals surface area contributed by atoms with Gasteiger partial charge in [-0.25, -0.2) is 0 Å². The van der Waals surface area contributed by atoms with E-state index in [1.807, 2.05) is 36.4 Å². The third kappa shape index (κ3) is 3.62. The van der Waals surface area contributed by atoms with Crippen molar-refractivity contribution < 1.29 is 9.59 Å². The van der Waals surface area contributed by atoms with Crippen molar-refractivity contribution in [3.63, 3.8) is 0 Å². The second kappa shape index (κ2) is 8.07. The number of thioether (sulfide) groups is 1. The highest BCUT2D eigenvalue weighted by molar-refractivity contribution is 8.18. The van der Waals surface area contributed by atoms with Crippen molar-refractivity contribution in [1.29, 1.82) is 0 Å². The predicted molar refractivity (Wildman–Crippen MR) is 115 cm³/mol. The molecule has 1 saturated heterocycles. The number of amides is 2. The minimum absolute atomic E-state index is 0.169. The van der Waals surface area contributed by atoms with E-state index < -0.39 is 0 Å². The molecular formula is C23H22N2O2S. The van der Waals surface area contributed by atoms with Crippen LogP contribution < -0.4 is 0 Å². The molecule has 0 spiro atoms. The van der Waals surface area contributed by atoms with Crippen LogP contribution in [0.5, 0.6) is 0 Å². The van der Waals surface area contributed by atoms with Crippen LogP contribution in [0.2, 0.25) is 0 Å². The first-order chi connectivity index (χ1) is 13.7. The molecule has 2 heterocycles. The Bertz CT molecular complexity index is 1050. The number of hydrogen-bond acceptors (Lipinski definition) is 3. The number of imide groups is 1. The Hall–Kier alpha value is -2.79. The molecule has 2 amide bonds. The molecule has 0 atom stereocenters. The van der Waals surface area contributed by atoms with Gasteiger partial charge in [-0.05, 0) is 35.9 Å². The van der Waals surface area contributed by atoms with Crippen LogP contribution in [-0.4, -0.2) is 27.2 Å². The summed E-state index contributed by atoms with van der Waals surface area (Å²) in [7, 11) is 0. The van der Waals surface area contributed by atoms with E-state index in [0.717, 1.165) is 47.6 Å². The molecule has 2 aromatic carbocycles. The number of nitrogens with zero attached hydrogens (tertiary/aromatic N) is 2. The Labute approximate surface area is 168 Å². The van der Waals surface area contributed by atoms with Gasteiger partial charge < -0.3 is 4.57 Å². The highest BCUT2D eigenvalue weighted by atomic mass is 32.2. The summed E-state index contributed by atoms with van der Waals surface area (Å²) in [5.41, 5.74) is 3.30. The number of para-hydroxylation sites is 1. The summed E-state index contributed by atoms with van der Waals surface area (Å²) in [6, 6.07) is 18.5. The van der Waals surface area contributed by atoms with E-state index in [9.17, 15) is 9.59 Å². The summed E-state index contributed by atoms with van der Waals surface area (Å²) < 4.78 is 2.19. The van der Waals surface area contributed by atoms with Crippen LogP contribution in [0.1, 0.15) is 30.9 Å². The Morgan fingerprint density at radius 1 is 1.00 bits per heavy atom. The normalized spacial score (nSPS) is 15.9. The third-order valence-electron chi connectivity index (χ3n) is 4.91. The lowest BCUT2D eigenvalue weighted by Crippen LogP contribution is -2.29. The zero-order valence-electron chi connectivity index (χ0n) is 15.8. The fourth-order valence-electron chi connectivity index (χ4n) is 3.45. The molecule has 28 heavy (non-hydrogen) atoms. The van der Waals surface area contributed by atoms with Crippen molar-refractivity contribution in [3.05, 3.63) is 76.8 Å². The highest BCUT2D eigenvalue weighted by Gasteiger charge is 2.34. The monoisotopic (exact) mass is 390 g/mol. The molecule has 0 saturated carbocycles. The van der Waals surface area contributed by atoms with Crippen LogP contribution in [0.3, 0.4) is 0 Å². The van der Waals surface area contributed by atoms with Gasteiger partial charge in [-0.1, -0.05) is 61.9 Å².